The van der Waals surface area contributed by atoms with Crippen molar-refractivity contribution in [1.29, 1.82) is 0 Å². The second-order valence-corrected chi connectivity index (χ2v) is 6.29. The molecule has 1 saturated heterocycles. The zero-order valence-electron chi connectivity index (χ0n) is 12.6. The summed E-state index contributed by atoms with van der Waals surface area (Å²) in [6.45, 7) is 10.7. The zero-order valence-corrected chi connectivity index (χ0v) is 12.6. The number of carbonyl (C=O) groups excluding carboxylic acids is 1. The molecule has 6 heteroatoms. The van der Waals surface area contributed by atoms with Crippen LogP contribution in [-0.2, 0) is 14.9 Å². The van der Waals surface area contributed by atoms with E-state index in [2.05, 4.69) is 15.4 Å². The van der Waals surface area contributed by atoms with E-state index >= 15 is 0 Å². The lowest BCUT2D eigenvalue weighted by molar-refractivity contribution is -0.119. The topological polar surface area (TPSA) is 67.6 Å². The number of carbonyl (C=O) groups is 1. The summed E-state index contributed by atoms with van der Waals surface area (Å²) in [4.78, 5) is 14.0. The Labute approximate surface area is 119 Å². The fourth-order valence-corrected chi connectivity index (χ4v) is 2.10. The van der Waals surface area contributed by atoms with Gasteiger partial charge in [-0.15, -0.1) is 0 Å². The van der Waals surface area contributed by atoms with Gasteiger partial charge in [0, 0.05) is 24.6 Å². The molecule has 2 heterocycles. The number of nitrogens with one attached hydrogen (secondary N) is 1. The molecule has 1 aliphatic heterocycles. The van der Waals surface area contributed by atoms with Crippen molar-refractivity contribution in [3.05, 3.63) is 11.8 Å². The fraction of sp³-hybridized carbons (Fsp3) is 0.714. The standard InChI is InChI=1S/C14H23N3O3/c1-10-8-17(5-6-19-10)9-12(18)15-13-7-11(16-20-13)14(2,3)4/h7,10H,5-6,8-9H2,1-4H3,(H,15,18). The van der Waals surface area contributed by atoms with Gasteiger partial charge < -0.3 is 9.26 Å². The van der Waals surface area contributed by atoms with Crippen LogP contribution >= 0.6 is 0 Å². The van der Waals surface area contributed by atoms with Crippen LogP contribution in [0.1, 0.15) is 33.4 Å². The number of morpholine rings is 1. The highest BCUT2D eigenvalue weighted by Gasteiger charge is 2.21. The molecule has 112 valence electrons. The molecule has 2 rings (SSSR count). The van der Waals surface area contributed by atoms with E-state index in [1.54, 1.807) is 6.07 Å². The van der Waals surface area contributed by atoms with Crippen LogP contribution in [0.5, 0.6) is 0 Å². The van der Waals surface area contributed by atoms with Crippen LogP contribution in [0.25, 0.3) is 0 Å². The van der Waals surface area contributed by atoms with E-state index in [0.29, 0.717) is 19.0 Å². The maximum absolute atomic E-state index is 12.0. The Morgan fingerprint density at radius 1 is 1.55 bits per heavy atom. The van der Waals surface area contributed by atoms with E-state index < -0.39 is 0 Å². The molecule has 0 aromatic carbocycles. The predicted octanol–water partition coefficient (Wildman–Crippen LogP) is 1.63. The van der Waals surface area contributed by atoms with E-state index in [9.17, 15) is 4.79 Å². The van der Waals surface area contributed by atoms with Crippen molar-refractivity contribution in [2.75, 3.05) is 31.6 Å². The Balaban J connectivity index is 1.86. The SMILES string of the molecule is CC1CN(CC(=O)Nc2cc(C(C)(C)C)no2)CCO1. The largest absolute Gasteiger partial charge is 0.376 e. The number of aromatic nitrogens is 1. The lowest BCUT2D eigenvalue weighted by atomic mass is 9.92. The number of amides is 1. The third-order valence-corrected chi connectivity index (χ3v) is 3.23. The van der Waals surface area contributed by atoms with Gasteiger partial charge in [0.25, 0.3) is 0 Å². The van der Waals surface area contributed by atoms with Gasteiger partial charge >= 0.3 is 0 Å². The van der Waals surface area contributed by atoms with Gasteiger partial charge in [-0.1, -0.05) is 25.9 Å². The summed E-state index contributed by atoms with van der Waals surface area (Å²) >= 11 is 0. The van der Waals surface area contributed by atoms with Crippen LogP contribution in [0, 0.1) is 0 Å². The Bertz CT molecular complexity index is 464. The van der Waals surface area contributed by atoms with E-state index in [1.165, 1.54) is 0 Å². The number of hydrogen-bond acceptors (Lipinski definition) is 5. The van der Waals surface area contributed by atoms with Crippen LogP contribution in [0.4, 0.5) is 5.88 Å². The van der Waals surface area contributed by atoms with E-state index in [-0.39, 0.29) is 17.4 Å². The van der Waals surface area contributed by atoms with Crippen molar-refractivity contribution in [3.63, 3.8) is 0 Å². The van der Waals surface area contributed by atoms with E-state index in [0.717, 1.165) is 18.8 Å². The molecule has 0 saturated carbocycles. The van der Waals surface area contributed by atoms with E-state index in [4.69, 9.17) is 9.26 Å². The first kappa shape index (κ1) is 15.0. The Hall–Kier alpha value is -1.40. The summed E-state index contributed by atoms with van der Waals surface area (Å²) in [6.07, 6.45) is 0.175. The summed E-state index contributed by atoms with van der Waals surface area (Å²) in [5.41, 5.74) is 0.736. The molecule has 0 aliphatic carbocycles. The van der Waals surface area contributed by atoms with Gasteiger partial charge in [-0.05, 0) is 6.92 Å². The zero-order chi connectivity index (χ0) is 14.8. The van der Waals surface area contributed by atoms with Crippen LogP contribution in [0.15, 0.2) is 10.6 Å². The molecule has 1 aromatic rings. The molecule has 1 aliphatic rings. The Morgan fingerprint density at radius 2 is 2.30 bits per heavy atom. The lowest BCUT2D eigenvalue weighted by Gasteiger charge is -2.30. The second kappa shape index (κ2) is 5.93. The maximum atomic E-state index is 12.0. The number of nitrogens with zero attached hydrogens (tertiary/aromatic N) is 2. The van der Waals surface area contributed by atoms with Crippen molar-refractivity contribution < 1.29 is 14.1 Å². The molecule has 0 spiro atoms. The third-order valence-electron chi connectivity index (χ3n) is 3.23. The van der Waals surface area contributed by atoms with Crippen molar-refractivity contribution in [2.24, 2.45) is 0 Å². The average molecular weight is 281 g/mol. The van der Waals surface area contributed by atoms with Crippen LogP contribution in [-0.4, -0.2) is 48.3 Å². The number of ether oxygens (including phenoxy) is 1. The molecule has 0 radical (unpaired) electrons. The second-order valence-electron chi connectivity index (χ2n) is 6.29. The number of hydrogen-bond donors (Lipinski definition) is 1. The van der Waals surface area contributed by atoms with Gasteiger partial charge in [-0.3, -0.25) is 15.0 Å². The fourth-order valence-electron chi connectivity index (χ4n) is 2.10. The summed E-state index contributed by atoms with van der Waals surface area (Å²) in [5.74, 6) is 0.317. The molecule has 1 aromatic heterocycles. The predicted molar refractivity (Wildman–Crippen MR) is 75.7 cm³/mol. The molecule has 1 N–H and O–H groups in total. The smallest absolute Gasteiger partial charge is 0.240 e. The first-order valence-corrected chi connectivity index (χ1v) is 6.95. The quantitative estimate of drug-likeness (QED) is 0.912. The highest BCUT2D eigenvalue weighted by Crippen LogP contribution is 2.23. The molecular formula is C14H23N3O3. The van der Waals surface area contributed by atoms with Gasteiger partial charge in [0.1, 0.15) is 0 Å². The minimum atomic E-state index is -0.0912. The first-order valence-electron chi connectivity index (χ1n) is 6.95. The molecule has 6 nitrogen and oxygen atoms in total. The van der Waals surface area contributed by atoms with Gasteiger partial charge in [0.15, 0.2) is 0 Å². The van der Waals surface area contributed by atoms with Gasteiger partial charge in [-0.25, -0.2) is 0 Å². The molecule has 20 heavy (non-hydrogen) atoms. The maximum Gasteiger partial charge on any atom is 0.240 e. The molecule has 1 atom stereocenters. The third kappa shape index (κ3) is 4.05. The van der Waals surface area contributed by atoms with Crippen LogP contribution in [0.3, 0.4) is 0 Å². The van der Waals surface area contributed by atoms with Crippen LogP contribution in [0.2, 0.25) is 0 Å². The Morgan fingerprint density at radius 3 is 2.90 bits per heavy atom. The minimum absolute atomic E-state index is 0.0873. The first-order chi connectivity index (χ1) is 9.34. The molecule has 1 fully saturated rings. The minimum Gasteiger partial charge on any atom is -0.376 e. The van der Waals surface area contributed by atoms with Crippen molar-refractivity contribution >= 4 is 11.8 Å². The monoisotopic (exact) mass is 281 g/mol. The van der Waals surface area contributed by atoms with Gasteiger partial charge in [0.2, 0.25) is 11.8 Å². The molecule has 1 amide bonds. The van der Waals surface area contributed by atoms with Gasteiger partial charge in [-0.2, -0.15) is 0 Å². The summed E-state index contributed by atoms with van der Waals surface area (Å²) in [6, 6.07) is 1.78. The van der Waals surface area contributed by atoms with Crippen molar-refractivity contribution in [1.82, 2.24) is 10.1 Å². The van der Waals surface area contributed by atoms with Crippen molar-refractivity contribution in [2.45, 2.75) is 39.2 Å². The summed E-state index contributed by atoms with van der Waals surface area (Å²) in [7, 11) is 0. The summed E-state index contributed by atoms with van der Waals surface area (Å²) < 4.78 is 10.6. The number of rotatable bonds is 3. The van der Waals surface area contributed by atoms with Gasteiger partial charge in [0.05, 0.1) is 24.9 Å². The highest BCUT2D eigenvalue weighted by atomic mass is 16.5. The average Bonchev–Trinajstić information content (AvgIpc) is 2.76. The van der Waals surface area contributed by atoms with Crippen molar-refractivity contribution in [3.8, 4) is 0 Å². The summed E-state index contributed by atoms with van der Waals surface area (Å²) in [5, 5.41) is 6.72. The van der Waals surface area contributed by atoms with Crippen LogP contribution < -0.4 is 5.32 Å². The molecule has 1 unspecified atom stereocenters. The van der Waals surface area contributed by atoms with E-state index in [1.807, 2.05) is 27.7 Å². The Kier molecular flexibility index (Phi) is 4.45. The number of anilines is 1. The normalized spacial score (nSPS) is 20.9. The molecular weight excluding hydrogens is 258 g/mol. The highest BCUT2D eigenvalue weighted by molar-refractivity contribution is 5.91. The molecule has 0 bridgehead atoms. The lowest BCUT2D eigenvalue weighted by Crippen LogP contribution is -2.44.